The van der Waals surface area contributed by atoms with Gasteiger partial charge >= 0.3 is 0 Å². The first-order chi connectivity index (χ1) is 14.5. The minimum absolute atomic E-state index is 0.347. The summed E-state index contributed by atoms with van der Waals surface area (Å²) in [4.78, 5) is 4.95. The van der Waals surface area contributed by atoms with E-state index in [1.54, 1.807) is 12.1 Å². The highest BCUT2D eigenvalue weighted by Gasteiger charge is 2.18. The molecule has 0 spiro atoms. The van der Waals surface area contributed by atoms with Crippen LogP contribution in [0.2, 0.25) is 19.6 Å². The first-order valence-corrected chi connectivity index (χ1v) is 13.2. The van der Waals surface area contributed by atoms with Crippen LogP contribution in [0.25, 0.3) is 33.3 Å². The van der Waals surface area contributed by atoms with Gasteiger partial charge in [-0.15, -0.1) is 0 Å². The Bertz CT molecular complexity index is 1260. The van der Waals surface area contributed by atoms with E-state index in [1.807, 2.05) is 31.2 Å². The van der Waals surface area contributed by atoms with Crippen molar-refractivity contribution in [2.24, 2.45) is 0 Å². The van der Waals surface area contributed by atoms with Crippen molar-refractivity contribution in [3.63, 3.8) is 0 Å². The zero-order valence-electron chi connectivity index (χ0n) is 19.9. The summed E-state index contributed by atoms with van der Waals surface area (Å²) in [5, 5.41) is 2.53. The Hall–Kier alpha value is -2.71. The summed E-state index contributed by atoms with van der Waals surface area (Å²) in [5.74, 6) is 0. The predicted molar refractivity (Wildman–Crippen MR) is 125 cm³/mol. The summed E-state index contributed by atoms with van der Waals surface area (Å²) < 4.78 is 23.5. The van der Waals surface area contributed by atoms with Crippen LogP contribution in [0.5, 0.6) is 0 Å². The number of hydrogen-bond acceptors (Lipinski definition) is 1. The van der Waals surface area contributed by atoms with Crippen molar-refractivity contribution in [2.45, 2.75) is 33.4 Å². The first kappa shape index (κ1) is 15.2. The van der Waals surface area contributed by atoms with E-state index in [0.717, 1.165) is 38.9 Å². The van der Waals surface area contributed by atoms with Crippen LogP contribution in [0.4, 0.5) is 0 Å². The first-order valence-electron chi connectivity index (χ1n) is 11.2. The van der Waals surface area contributed by atoms with Gasteiger partial charge in [-0.05, 0) is 49.2 Å². The number of aromatic nitrogens is 1. The van der Waals surface area contributed by atoms with Gasteiger partial charge in [0.2, 0.25) is 0 Å². The second-order valence-corrected chi connectivity index (χ2v) is 13.6. The zero-order valence-corrected chi connectivity index (χ0v) is 17.9. The largest absolute Gasteiger partial charge is 0.248 e. The average Bonchev–Trinajstić information content (AvgIpc) is 2.71. The van der Waals surface area contributed by atoms with Gasteiger partial charge in [0, 0.05) is 15.1 Å². The normalized spacial score (nSPS) is 13.8. The van der Waals surface area contributed by atoms with Crippen LogP contribution in [0.15, 0.2) is 72.8 Å². The molecule has 0 aliphatic heterocycles. The van der Waals surface area contributed by atoms with Crippen LogP contribution >= 0.6 is 0 Å². The molecule has 0 fully saturated rings. The van der Waals surface area contributed by atoms with E-state index >= 15 is 0 Å². The maximum Gasteiger partial charge on any atom is 0.0776 e. The molecule has 0 aliphatic carbocycles. The third-order valence-corrected chi connectivity index (χ3v) is 7.18. The summed E-state index contributed by atoms with van der Waals surface area (Å²) in [6.07, 6.45) is 0. The van der Waals surface area contributed by atoms with Gasteiger partial charge in [-0.2, -0.15) is 0 Å². The standard InChI is InChI=1S/C26H27NSi/c1-18-13-19(2)15-21(14-18)26-17-23(20-9-7-6-8-10-20)24-16-22(28(3,4)5)11-12-25(24)27-26/h6-17H,1-5H3/i1D3. The van der Waals surface area contributed by atoms with Gasteiger partial charge < -0.3 is 0 Å². The third-order valence-electron chi connectivity index (χ3n) is 5.13. The Balaban J connectivity index is 2.00. The van der Waals surface area contributed by atoms with Gasteiger partial charge in [-0.3, -0.25) is 0 Å². The molecule has 0 aliphatic rings. The maximum absolute atomic E-state index is 7.84. The summed E-state index contributed by atoms with van der Waals surface area (Å²) in [6.45, 7) is 6.83. The van der Waals surface area contributed by atoms with E-state index < -0.39 is 14.9 Å². The van der Waals surface area contributed by atoms with Crippen molar-refractivity contribution < 1.29 is 4.11 Å². The Morgan fingerprint density at radius 1 is 0.786 bits per heavy atom. The zero-order chi connectivity index (χ0) is 22.4. The molecule has 0 atom stereocenters. The van der Waals surface area contributed by atoms with Crippen LogP contribution in [0.1, 0.15) is 15.2 Å². The molecule has 1 aromatic heterocycles. The number of rotatable bonds is 3. The SMILES string of the molecule is [2H]C([2H])([2H])c1cc(C)cc(-c2cc(-c3ccccc3)c3cc([Si](C)(C)C)ccc3n2)c1. The molecule has 1 heterocycles. The second kappa shape index (κ2) is 7.03. The predicted octanol–water partition coefficient (Wildman–Crippen LogP) is 6.73. The molecule has 3 aromatic carbocycles. The fourth-order valence-electron chi connectivity index (χ4n) is 3.63. The summed E-state index contributed by atoms with van der Waals surface area (Å²) in [5.41, 5.74) is 6.07. The van der Waals surface area contributed by atoms with Crippen molar-refractivity contribution in [3.05, 3.63) is 83.9 Å². The highest BCUT2D eigenvalue weighted by Crippen LogP contribution is 2.32. The van der Waals surface area contributed by atoms with E-state index in [9.17, 15) is 0 Å². The number of fused-ring (bicyclic) bond motifs is 1. The van der Waals surface area contributed by atoms with Crippen molar-refractivity contribution in [1.82, 2.24) is 4.98 Å². The maximum atomic E-state index is 7.84. The molecule has 0 N–H and O–H groups in total. The van der Waals surface area contributed by atoms with Crippen LogP contribution in [0, 0.1) is 13.8 Å². The molecule has 2 heteroatoms. The number of benzene rings is 3. The lowest BCUT2D eigenvalue weighted by molar-refractivity contribution is 1.34. The quantitative estimate of drug-likeness (QED) is 0.357. The highest BCUT2D eigenvalue weighted by atomic mass is 28.3. The van der Waals surface area contributed by atoms with Gasteiger partial charge in [0.25, 0.3) is 0 Å². The minimum atomic E-state index is -2.15. The van der Waals surface area contributed by atoms with E-state index in [4.69, 9.17) is 9.10 Å². The molecule has 0 radical (unpaired) electrons. The Labute approximate surface area is 173 Å². The molecule has 0 saturated heterocycles. The second-order valence-electron chi connectivity index (χ2n) is 8.49. The molecular formula is C26H27NSi. The van der Waals surface area contributed by atoms with E-state index in [2.05, 4.69) is 56.0 Å². The van der Waals surface area contributed by atoms with Gasteiger partial charge in [-0.1, -0.05) is 84.5 Å². The molecule has 4 aromatic rings. The molecule has 1 nitrogen and oxygen atoms in total. The van der Waals surface area contributed by atoms with Crippen molar-refractivity contribution >= 4 is 24.2 Å². The van der Waals surface area contributed by atoms with Crippen LogP contribution in [-0.2, 0) is 0 Å². The highest BCUT2D eigenvalue weighted by molar-refractivity contribution is 6.88. The van der Waals surface area contributed by atoms with Gasteiger partial charge in [-0.25, -0.2) is 4.98 Å². The molecule has 0 amide bonds. The lowest BCUT2D eigenvalue weighted by Gasteiger charge is -2.19. The third kappa shape index (κ3) is 3.65. The van der Waals surface area contributed by atoms with Gasteiger partial charge in [0.1, 0.15) is 0 Å². The number of pyridine rings is 1. The lowest BCUT2D eigenvalue weighted by atomic mass is 9.97. The van der Waals surface area contributed by atoms with Gasteiger partial charge in [0.15, 0.2) is 0 Å². The fourth-order valence-corrected chi connectivity index (χ4v) is 4.79. The fraction of sp³-hybridized carbons (Fsp3) is 0.192. The van der Waals surface area contributed by atoms with Crippen molar-refractivity contribution in [3.8, 4) is 22.4 Å². The molecule has 4 rings (SSSR count). The minimum Gasteiger partial charge on any atom is -0.248 e. The van der Waals surface area contributed by atoms with E-state index in [0.29, 0.717) is 5.56 Å². The van der Waals surface area contributed by atoms with Crippen LogP contribution in [-0.4, -0.2) is 13.1 Å². The number of aryl methyl sites for hydroxylation is 2. The van der Waals surface area contributed by atoms with E-state index in [1.165, 1.54) is 5.19 Å². The average molecular weight is 385 g/mol. The topological polar surface area (TPSA) is 12.9 Å². The lowest BCUT2D eigenvalue weighted by Crippen LogP contribution is -2.37. The monoisotopic (exact) mass is 384 g/mol. The Morgan fingerprint density at radius 2 is 1.54 bits per heavy atom. The summed E-state index contributed by atoms with van der Waals surface area (Å²) in [6, 6.07) is 24.5. The molecule has 140 valence electrons. The van der Waals surface area contributed by atoms with Crippen molar-refractivity contribution in [2.75, 3.05) is 0 Å². The molecule has 0 bridgehead atoms. The summed E-state index contributed by atoms with van der Waals surface area (Å²) >= 11 is 0. The molecule has 0 unspecified atom stereocenters. The van der Waals surface area contributed by atoms with Gasteiger partial charge in [0.05, 0.1) is 19.3 Å². The summed E-state index contributed by atoms with van der Waals surface area (Å²) in [7, 11) is -1.48. The van der Waals surface area contributed by atoms with E-state index in [-0.39, 0.29) is 0 Å². The smallest absolute Gasteiger partial charge is 0.0776 e. The molecule has 0 saturated carbocycles. The molecule has 28 heavy (non-hydrogen) atoms. The van der Waals surface area contributed by atoms with Crippen molar-refractivity contribution in [1.29, 1.82) is 0 Å². The van der Waals surface area contributed by atoms with Crippen LogP contribution < -0.4 is 5.19 Å². The van der Waals surface area contributed by atoms with Crippen LogP contribution in [0.3, 0.4) is 0 Å². The Kier molecular flexibility index (Phi) is 3.83. The Morgan fingerprint density at radius 3 is 2.25 bits per heavy atom. The molecular weight excluding hydrogens is 354 g/mol. The number of nitrogens with zero attached hydrogens (tertiary/aromatic N) is 1. The number of hydrogen-bond donors (Lipinski definition) is 0.